The Balaban J connectivity index is 1.99. The van der Waals surface area contributed by atoms with Gasteiger partial charge in [0.15, 0.2) is 0 Å². The van der Waals surface area contributed by atoms with Crippen LogP contribution in [0.3, 0.4) is 0 Å². The summed E-state index contributed by atoms with van der Waals surface area (Å²) in [6.45, 7) is 2.14. The monoisotopic (exact) mass is 249 g/mol. The van der Waals surface area contributed by atoms with E-state index in [1.165, 1.54) is 12.0 Å². The Morgan fingerprint density at radius 3 is 2.83 bits per heavy atom. The SMILES string of the molecule is COc1cccc([C@@H](C)N[C@@H]2CCCC[C@H]2O)c1. The van der Waals surface area contributed by atoms with Gasteiger partial charge in [-0.1, -0.05) is 25.0 Å². The molecule has 3 nitrogen and oxygen atoms in total. The zero-order valence-corrected chi connectivity index (χ0v) is 11.2. The number of hydrogen-bond donors (Lipinski definition) is 2. The van der Waals surface area contributed by atoms with E-state index in [1.54, 1.807) is 7.11 Å². The highest BCUT2D eigenvalue weighted by Gasteiger charge is 2.24. The average Bonchev–Trinajstić information content (AvgIpc) is 2.41. The van der Waals surface area contributed by atoms with E-state index in [2.05, 4.69) is 18.3 Å². The molecule has 3 atom stereocenters. The third-order valence-corrected chi connectivity index (χ3v) is 3.79. The molecule has 0 bridgehead atoms. The average molecular weight is 249 g/mol. The zero-order chi connectivity index (χ0) is 13.0. The second kappa shape index (κ2) is 6.21. The topological polar surface area (TPSA) is 41.5 Å². The van der Waals surface area contributed by atoms with Crippen molar-refractivity contribution in [2.75, 3.05) is 7.11 Å². The van der Waals surface area contributed by atoms with Crippen LogP contribution in [0, 0.1) is 0 Å². The lowest BCUT2D eigenvalue weighted by molar-refractivity contribution is 0.0859. The number of benzene rings is 1. The normalized spacial score (nSPS) is 25.7. The molecule has 3 heteroatoms. The van der Waals surface area contributed by atoms with Crippen molar-refractivity contribution in [3.05, 3.63) is 29.8 Å². The quantitative estimate of drug-likeness (QED) is 0.862. The van der Waals surface area contributed by atoms with Crippen molar-refractivity contribution in [1.82, 2.24) is 5.32 Å². The fourth-order valence-electron chi connectivity index (χ4n) is 2.63. The number of aliphatic hydroxyl groups excluding tert-OH is 1. The van der Waals surface area contributed by atoms with Gasteiger partial charge in [-0.05, 0) is 37.5 Å². The van der Waals surface area contributed by atoms with Gasteiger partial charge in [-0.15, -0.1) is 0 Å². The first-order valence-corrected chi connectivity index (χ1v) is 6.79. The van der Waals surface area contributed by atoms with Crippen molar-refractivity contribution >= 4 is 0 Å². The van der Waals surface area contributed by atoms with Crippen LogP contribution in [0.5, 0.6) is 5.75 Å². The molecule has 100 valence electrons. The van der Waals surface area contributed by atoms with E-state index >= 15 is 0 Å². The lowest BCUT2D eigenvalue weighted by atomic mass is 9.91. The summed E-state index contributed by atoms with van der Waals surface area (Å²) in [5, 5.41) is 13.5. The first kappa shape index (κ1) is 13.4. The number of methoxy groups -OCH3 is 1. The number of ether oxygens (including phenoxy) is 1. The molecule has 2 N–H and O–H groups in total. The van der Waals surface area contributed by atoms with Gasteiger partial charge in [-0.3, -0.25) is 0 Å². The predicted octanol–water partition coefficient (Wildman–Crippen LogP) is 2.65. The highest BCUT2D eigenvalue weighted by molar-refractivity contribution is 5.30. The van der Waals surface area contributed by atoms with Gasteiger partial charge >= 0.3 is 0 Å². The van der Waals surface area contributed by atoms with Gasteiger partial charge in [0, 0.05) is 12.1 Å². The maximum absolute atomic E-state index is 9.98. The minimum atomic E-state index is -0.202. The molecule has 0 spiro atoms. The van der Waals surface area contributed by atoms with Crippen molar-refractivity contribution in [1.29, 1.82) is 0 Å². The molecule has 1 saturated carbocycles. The minimum absolute atomic E-state index is 0.202. The molecule has 0 heterocycles. The molecule has 0 radical (unpaired) electrons. The third kappa shape index (κ3) is 3.24. The van der Waals surface area contributed by atoms with Crippen LogP contribution in [-0.2, 0) is 0 Å². The van der Waals surface area contributed by atoms with Crippen LogP contribution in [0.1, 0.15) is 44.2 Å². The van der Waals surface area contributed by atoms with E-state index in [4.69, 9.17) is 4.74 Å². The van der Waals surface area contributed by atoms with Crippen molar-refractivity contribution in [2.45, 2.75) is 50.8 Å². The van der Waals surface area contributed by atoms with Crippen molar-refractivity contribution in [3.8, 4) is 5.75 Å². The molecule has 0 aromatic heterocycles. The van der Waals surface area contributed by atoms with Gasteiger partial charge in [-0.25, -0.2) is 0 Å². The van der Waals surface area contributed by atoms with Crippen LogP contribution in [0.4, 0.5) is 0 Å². The summed E-state index contributed by atoms with van der Waals surface area (Å²) in [6, 6.07) is 8.55. The molecular formula is C15H23NO2. The molecule has 2 rings (SSSR count). The van der Waals surface area contributed by atoms with Crippen molar-refractivity contribution < 1.29 is 9.84 Å². The zero-order valence-electron chi connectivity index (χ0n) is 11.2. The minimum Gasteiger partial charge on any atom is -0.497 e. The summed E-state index contributed by atoms with van der Waals surface area (Å²) in [5.41, 5.74) is 1.20. The Bertz CT molecular complexity index is 381. The molecule has 0 saturated heterocycles. The van der Waals surface area contributed by atoms with Gasteiger partial charge in [0.25, 0.3) is 0 Å². The fraction of sp³-hybridized carbons (Fsp3) is 0.600. The first-order valence-electron chi connectivity index (χ1n) is 6.79. The molecule has 1 fully saturated rings. The Labute approximate surface area is 109 Å². The number of nitrogens with one attached hydrogen (secondary N) is 1. The molecule has 1 aliphatic carbocycles. The first-order chi connectivity index (χ1) is 8.70. The third-order valence-electron chi connectivity index (χ3n) is 3.79. The molecule has 0 unspecified atom stereocenters. The predicted molar refractivity (Wildman–Crippen MR) is 72.8 cm³/mol. The van der Waals surface area contributed by atoms with E-state index < -0.39 is 0 Å². The van der Waals surface area contributed by atoms with Crippen LogP contribution in [0.15, 0.2) is 24.3 Å². The van der Waals surface area contributed by atoms with Gasteiger partial charge in [-0.2, -0.15) is 0 Å². The maximum atomic E-state index is 9.98. The van der Waals surface area contributed by atoms with Crippen LogP contribution in [0.25, 0.3) is 0 Å². The molecule has 18 heavy (non-hydrogen) atoms. The van der Waals surface area contributed by atoms with Gasteiger partial charge < -0.3 is 15.2 Å². The second-order valence-electron chi connectivity index (χ2n) is 5.12. The summed E-state index contributed by atoms with van der Waals surface area (Å²) in [4.78, 5) is 0. The molecule has 0 aliphatic heterocycles. The molecule has 0 amide bonds. The van der Waals surface area contributed by atoms with E-state index in [9.17, 15) is 5.11 Å². The highest BCUT2D eigenvalue weighted by atomic mass is 16.5. The summed E-state index contributed by atoms with van der Waals surface area (Å²) in [7, 11) is 1.68. The van der Waals surface area contributed by atoms with Gasteiger partial charge in [0.05, 0.1) is 13.2 Å². The van der Waals surface area contributed by atoms with Crippen LogP contribution < -0.4 is 10.1 Å². The largest absolute Gasteiger partial charge is 0.497 e. The lowest BCUT2D eigenvalue weighted by Crippen LogP contribution is -2.43. The van der Waals surface area contributed by atoms with Crippen LogP contribution in [0.2, 0.25) is 0 Å². The van der Waals surface area contributed by atoms with Crippen molar-refractivity contribution in [2.24, 2.45) is 0 Å². The highest BCUT2D eigenvalue weighted by Crippen LogP contribution is 2.23. The lowest BCUT2D eigenvalue weighted by Gasteiger charge is -2.31. The van der Waals surface area contributed by atoms with E-state index in [0.717, 1.165) is 25.0 Å². The summed E-state index contributed by atoms with van der Waals surface area (Å²) in [6.07, 6.45) is 4.14. The van der Waals surface area contributed by atoms with Gasteiger partial charge in [0.1, 0.15) is 5.75 Å². The molecule has 1 aromatic rings. The molecule has 1 aromatic carbocycles. The summed E-state index contributed by atoms with van der Waals surface area (Å²) < 4.78 is 5.24. The van der Waals surface area contributed by atoms with E-state index in [1.807, 2.05) is 18.2 Å². The fourth-order valence-corrected chi connectivity index (χ4v) is 2.63. The Kier molecular flexibility index (Phi) is 4.61. The van der Waals surface area contributed by atoms with Crippen LogP contribution in [-0.4, -0.2) is 24.4 Å². The smallest absolute Gasteiger partial charge is 0.119 e. The van der Waals surface area contributed by atoms with E-state index in [0.29, 0.717) is 0 Å². The molecular weight excluding hydrogens is 226 g/mol. The molecule has 1 aliphatic rings. The van der Waals surface area contributed by atoms with Crippen LogP contribution >= 0.6 is 0 Å². The standard InChI is InChI=1S/C15H23NO2/c1-11(12-6-5-7-13(10-12)18-2)16-14-8-3-4-9-15(14)17/h5-7,10-11,14-17H,3-4,8-9H2,1-2H3/t11-,14-,15-/m1/s1. The van der Waals surface area contributed by atoms with Crippen molar-refractivity contribution in [3.63, 3.8) is 0 Å². The number of hydrogen-bond acceptors (Lipinski definition) is 3. The summed E-state index contributed by atoms with van der Waals surface area (Å²) >= 11 is 0. The van der Waals surface area contributed by atoms with E-state index in [-0.39, 0.29) is 18.2 Å². The Hall–Kier alpha value is -1.06. The van der Waals surface area contributed by atoms with Gasteiger partial charge in [0.2, 0.25) is 0 Å². The Morgan fingerprint density at radius 2 is 2.11 bits per heavy atom. The number of aliphatic hydroxyl groups is 1. The number of rotatable bonds is 4. The maximum Gasteiger partial charge on any atom is 0.119 e. The Morgan fingerprint density at radius 1 is 1.33 bits per heavy atom. The second-order valence-corrected chi connectivity index (χ2v) is 5.12. The summed E-state index contributed by atoms with van der Waals surface area (Å²) in [5.74, 6) is 0.880.